The van der Waals surface area contributed by atoms with Gasteiger partial charge in [-0.05, 0) is 48.7 Å². The number of benzene rings is 1. The molecule has 0 unspecified atom stereocenters. The van der Waals surface area contributed by atoms with Crippen molar-refractivity contribution < 1.29 is 14.4 Å². The summed E-state index contributed by atoms with van der Waals surface area (Å²) in [5.41, 5.74) is 3.00. The van der Waals surface area contributed by atoms with E-state index in [-0.39, 0.29) is 24.8 Å². The summed E-state index contributed by atoms with van der Waals surface area (Å²) < 4.78 is 13.4. The molecule has 1 aliphatic heterocycles. The zero-order valence-corrected chi connectivity index (χ0v) is 17.4. The summed E-state index contributed by atoms with van der Waals surface area (Å²) in [5.74, 6) is -1.55. The summed E-state index contributed by atoms with van der Waals surface area (Å²) in [6, 6.07) is 14.1. The molecule has 3 rings (SSSR count). The van der Waals surface area contributed by atoms with Crippen molar-refractivity contribution in [1.82, 2.24) is 15.4 Å². The first kappa shape index (κ1) is 24.8. The van der Waals surface area contributed by atoms with Gasteiger partial charge in [-0.1, -0.05) is 30.3 Å². The second-order valence-corrected chi connectivity index (χ2v) is 6.61. The average Bonchev–Trinajstić information content (AvgIpc) is 2.70. The molecule has 2 heterocycles. The number of hydrogen-bond acceptors (Lipinski definition) is 5. The van der Waals surface area contributed by atoms with Gasteiger partial charge in [0.1, 0.15) is 5.82 Å². The summed E-state index contributed by atoms with van der Waals surface area (Å²) in [7, 11) is 0. The molecule has 0 bridgehead atoms. The molecule has 2 aromatic rings. The van der Waals surface area contributed by atoms with E-state index in [4.69, 9.17) is 5.21 Å². The van der Waals surface area contributed by atoms with Crippen molar-refractivity contribution in [2.45, 2.75) is 25.4 Å². The van der Waals surface area contributed by atoms with Crippen LogP contribution in [0.1, 0.15) is 24.0 Å². The van der Waals surface area contributed by atoms with Crippen LogP contribution in [0.15, 0.2) is 54.5 Å². The van der Waals surface area contributed by atoms with Gasteiger partial charge in [0.05, 0.1) is 0 Å². The van der Waals surface area contributed by atoms with Crippen molar-refractivity contribution in [1.29, 1.82) is 0 Å². The number of carbonyl (C=O) groups excluding carboxylic acids is 1. The highest BCUT2D eigenvalue weighted by atomic mass is 35.5. The summed E-state index contributed by atoms with van der Waals surface area (Å²) in [4.78, 5) is 17.7. The number of carbonyl (C=O) groups is 1. The summed E-state index contributed by atoms with van der Waals surface area (Å²) >= 11 is 0. The molecule has 29 heavy (non-hydrogen) atoms. The minimum Gasteiger partial charge on any atom is -0.366 e. The van der Waals surface area contributed by atoms with Crippen LogP contribution < -0.4 is 10.8 Å². The lowest BCUT2D eigenvalue weighted by Crippen LogP contribution is -2.41. The van der Waals surface area contributed by atoms with Crippen LogP contribution in [0.2, 0.25) is 0 Å². The third kappa shape index (κ3) is 7.62. The molecular formula is C20H25Cl2FN4O2. The lowest BCUT2D eigenvalue weighted by Gasteiger charge is -2.33. The first-order valence-electron chi connectivity index (χ1n) is 8.94. The molecule has 1 aliphatic rings. The van der Waals surface area contributed by atoms with E-state index in [1.165, 1.54) is 17.2 Å². The van der Waals surface area contributed by atoms with Gasteiger partial charge in [-0.3, -0.25) is 14.9 Å². The van der Waals surface area contributed by atoms with E-state index in [0.29, 0.717) is 17.4 Å². The van der Waals surface area contributed by atoms with E-state index in [1.807, 2.05) is 6.07 Å². The van der Waals surface area contributed by atoms with Crippen LogP contribution >= 0.6 is 24.8 Å². The van der Waals surface area contributed by atoms with Crippen LogP contribution in [-0.4, -0.2) is 40.1 Å². The minimum atomic E-state index is -1.18. The fourth-order valence-corrected chi connectivity index (χ4v) is 3.21. The van der Waals surface area contributed by atoms with Gasteiger partial charge >= 0.3 is 5.91 Å². The molecule has 1 amide bonds. The van der Waals surface area contributed by atoms with Crippen molar-refractivity contribution >= 4 is 42.6 Å². The zero-order valence-electron chi connectivity index (χ0n) is 15.8. The van der Waals surface area contributed by atoms with Crippen LogP contribution in [0, 0.1) is 0 Å². The summed E-state index contributed by atoms with van der Waals surface area (Å²) in [6.07, 6.45) is 4.69. The smallest absolute Gasteiger partial charge is 0.303 e. The molecule has 1 saturated heterocycles. The standard InChI is InChI=1S/C20H23FN4O2.2ClH/c21-18(20(26)24-27)11-16-8-9-19(22-12-16)23-17-7-4-10-25(14-17)13-15-5-2-1-3-6-15;;/h1-3,5-6,8-9,11-12,17,27H,4,7,10,13-14H2,(H,22,23)(H,24,26);2*1H/t17-;;/m1../s1. The highest BCUT2D eigenvalue weighted by molar-refractivity contribution is 5.94. The number of nitrogens with one attached hydrogen (secondary N) is 2. The van der Waals surface area contributed by atoms with E-state index < -0.39 is 11.7 Å². The fourth-order valence-electron chi connectivity index (χ4n) is 3.21. The highest BCUT2D eigenvalue weighted by Gasteiger charge is 2.20. The maximum absolute atomic E-state index is 13.4. The Balaban J connectivity index is 0.00000210. The normalized spacial score (nSPS) is 16.9. The molecule has 0 spiro atoms. The first-order valence-corrected chi connectivity index (χ1v) is 8.94. The van der Waals surface area contributed by atoms with Gasteiger partial charge in [-0.2, -0.15) is 0 Å². The number of hydroxylamine groups is 1. The molecule has 0 radical (unpaired) electrons. The number of piperidine rings is 1. The Morgan fingerprint density at radius 1 is 1.24 bits per heavy atom. The van der Waals surface area contributed by atoms with Crippen LogP contribution in [0.4, 0.5) is 10.2 Å². The molecule has 158 valence electrons. The summed E-state index contributed by atoms with van der Waals surface area (Å²) in [6.45, 7) is 2.95. The van der Waals surface area contributed by atoms with Crippen molar-refractivity contribution in [2.24, 2.45) is 0 Å². The Labute approximate surface area is 182 Å². The van der Waals surface area contributed by atoms with E-state index >= 15 is 0 Å². The third-order valence-electron chi connectivity index (χ3n) is 4.50. The average molecular weight is 443 g/mol. The Bertz CT molecular complexity index is 791. The predicted molar refractivity (Wildman–Crippen MR) is 116 cm³/mol. The molecule has 1 aromatic heterocycles. The molecule has 1 aromatic carbocycles. The fraction of sp³-hybridized carbons (Fsp3) is 0.300. The Morgan fingerprint density at radius 3 is 2.66 bits per heavy atom. The molecular weight excluding hydrogens is 418 g/mol. The number of aromatic nitrogens is 1. The molecule has 3 N–H and O–H groups in total. The minimum absolute atomic E-state index is 0. The quantitative estimate of drug-likeness (QED) is 0.360. The topological polar surface area (TPSA) is 77.5 Å². The van der Waals surface area contributed by atoms with Crippen LogP contribution in [0.5, 0.6) is 0 Å². The molecule has 0 saturated carbocycles. The third-order valence-corrected chi connectivity index (χ3v) is 4.50. The number of anilines is 1. The maximum Gasteiger partial charge on any atom is 0.303 e. The van der Waals surface area contributed by atoms with E-state index in [1.54, 1.807) is 12.1 Å². The number of hydrogen-bond donors (Lipinski definition) is 3. The van der Waals surface area contributed by atoms with Gasteiger partial charge in [-0.15, -0.1) is 24.8 Å². The molecule has 0 aliphatic carbocycles. The maximum atomic E-state index is 13.4. The van der Waals surface area contributed by atoms with Crippen LogP contribution in [0.25, 0.3) is 6.08 Å². The highest BCUT2D eigenvalue weighted by Crippen LogP contribution is 2.18. The number of halogens is 3. The number of amides is 1. The first-order chi connectivity index (χ1) is 13.1. The number of nitrogens with zero attached hydrogens (tertiary/aromatic N) is 2. The van der Waals surface area contributed by atoms with E-state index in [2.05, 4.69) is 39.5 Å². The molecule has 1 atom stereocenters. The van der Waals surface area contributed by atoms with E-state index in [9.17, 15) is 9.18 Å². The van der Waals surface area contributed by atoms with Gasteiger partial charge in [0.25, 0.3) is 0 Å². The van der Waals surface area contributed by atoms with Crippen molar-refractivity contribution in [3.8, 4) is 0 Å². The van der Waals surface area contributed by atoms with Gasteiger partial charge in [-0.25, -0.2) is 14.9 Å². The van der Waals surface area contributed by atoms with Crippen molar-refractivity contribution in [2.75, 3.05) is 18.4 Å². The second kappa shape index (κ2) is 12.4. The number of rotatable bonds is 6. The Hall–Kier alpha value is -2.19. The van der Waals surface area contributed by atoms with Crippen LogP contribution in [0.3, 0.4) is 0 Å². The van der Waals surface area contributed by atoms with Crippen LogP contribution in [-0.2, 0) is 11.3 Å². The predicted octanol–water partition coefficient (Wildman–Crippen LogP) is 3.82. The molecule has 6 nitrogen and oxygen atoms in total. The zero-order chi connectivity index (χ0) is 19.1. The lowest BCUT2D eigenvalue weighted by atomic mass is 10.0. The van der Waals surface area contributed by atoms with Gasteiger partial charge in [0.15, 0.2) is 5.83 Å². The summed E-state index contributed by atoms with van der Waals surface area (Å²) in [5, 5.41) is 11.8. The Kier molecular flexibility index (Phi) is 10.6. The Morgan fingerprint density at radius 2 is 2.00 bits per heavy atom. The monoisotopic (exact) mass is 442 g/mol. The van der Waals surface area contributed by atoms with Gasteiger partial charge in [0, 0.05) is 25.3 Å². The number of pyridine rings is 1. The van der Waals surface area contributed by atoms with Gasteiger partial charge < -0.3 is 5.32 Å². The molecule has 9 heteroatoms. The van der Waals surface area contributed by atoms with Gasteiger partial charge in [0.2, 0.25) is 0 Å². The van der Waals surface area contributed by atoms with Crippen molar-refractivity contribution in [3.63, 3.8) is 0 Å². The number of likely N-dealkylation sites (tertiary alicyclic amines) is 1. The molecule has 1 fully saturated rings. The largest absolute Gasteiger partial charge is 0.366 e. The van der Waals surface area contributed by atoms with E-state index in [0.717, 1.165) is 38.6 Å². The second-order valence-electron chi connectivity index (χ2n) is 6.61. The lowest BCUT2D eigenvalue weighted by molar-refractivity contribution is -0.126. The van der Waals surface area contributed by atoms with Crippen molar-refractivity contribution in [3.05, 3.63) is 65.6 Å². The SMILES string of the molecule is Cl.Cl.O=C(NO)C(F)=Cc1ccc(N[C@@H]2CCCN(Cc3ccccc3)C2)nc1.